The summed E-state index contributed by atoms with van der Waals surface area (Å²) in [5.74, 6) is 0.315. The summed E-state index contributed by atoms with van der Waals surface area (Å²) in [6, 6.07) is 10.0. The first-order valence-corrected chi connectivity index (χ1v) is 5.54. The molecule has 2 atom stereocenters. The van der Waals surface area contributed by atoms with Crippen molar-refractivity contribution < 1.29 is 9.59 Å². The highest BCUT2D eigenvalue weighted by molar-refractivity contribution is 5.24. The van der Waals surface area contributed by atoms with Crippen LogP contribution in [0.25, 0.3) is 0 Å². The second-order valence-corrected chi connectivity index (χ2v) is 5.47. The molecule has 1 N–H and O–H groups in total. The van der Waals surface area contributed by atoms with Crippen LogP contribution in [-0.2, 0) is 5.60 Å². The third kappa shape index (κ3) is 1.80. The molecule has 0 bridgehead atoms. The third-order valence-electron chi connectivity index (χ3n) is 3.53. The number of likely N-dealkylation sites (N-methyl/N-ethyl adjacent to an activating group) is 1. The topological polar surface area (TPSA) is 20.2 Å². The molecular formula is C13H20NO+. The van der Waals surface area contributed by atoms with E-state index in [1.807, 2.05) is 30.3 Å². The molecule has 1 aliphatic heterocycles. The van der Waals surface area contributed by atoms with Crippen molar-refractivity contribution in [2.75, 3.05) is 27.2 Å². The summed E-state index contributed by atoms with van der Waals surface area (Å²) in [7, 11) is 4.36. The Morgan fingerprint density at radius 3 is 2.33 bits per heavy atom. The quantitative estimate of drug-likeness (QED) is 0.692. The molecule has 82 valence electrons. The van der Waals surface area contributed by atoms with E-state index >= 15 is 0 Å². The maximum Gasteiger partial charge on any atom is 0.146 e. The maximum absolute atomic E-state index is 10.8. The Hall–Kier alpha value is -0.860. The van der Waals surface area contributed by atoms with Crippen molar-refractivity contribution in [3.8, 4) is 0 Å². The second kappa shape index (κ2) is 3.32. The molecule has 1 saturated heterocycles. The molecule has 2 heteroatoms. The summed E-state index contributed by atoms with van der Waals surface area (Å²) in [5.41, 5.74) is 0.409. The van der Waals surface area contributed by atoms with Gasteiger partial charge in [-0.15, -0.1) is 0 Å². The predicted molar refractivity (Wildman–Crippen MR) is 61.3 cm³/mol. The molecule has 1 heterocycles. The summed E-state index contributed by atoms with van der Waals surface area (Å²) in [5, 5.41) is 10.8. The lowest BCUT2D eigenvalue weighted by molar-refractivity contribution is -0.882. The molecule has 0 saturated carbocycles. The number of rotatable bonds is 1. The SMILES string of the molecule is CC1C[N+](C)(C)CC1(O)c1ccccc1. The van der Waals surface area contributed by atoms with Gasteiger partial charge >= 0.3 is 0 Å². The van der Waals surface area contributed by atoms with Crippen molar-refractivity contribution in [3.63, 3.8) is 0 Å². The van der Waals surface area contributed by atoms with Gasteiger partial charge in [-0.3, -0.25) is 0 Å². The standard InChI is InChI=1S/C13H20NO/c1-11-9-14(2,3)10-13(11,15)12-7-5-4-6-8-12/h4-8,11,15H,9-10H2,1-3H3/q+1. The van der Waals surface area contributed by atoms with Gasteiger partial charge in [0.25, 0.3) is 0 Å². The summed E-state index contributed by atoms with van der Waals surface area (Å²) >= 11 is 0. The lowest BCUT2D eigenvalue weighted by atomic mass is 9.85. The van der Waals surface area contributed by atoms with Crippen molar-refractivity contribution in [1.82, 2.24) is 0 Å². The van der Waals surface area contributed by atoms with E-state index in [-0.39, 0.29) is 0 Å². The van der Waals surface area contributed by atoms with Crippen LogP contribution in [0, 0.1) is 5.92 Å². The number of benzene rings is 1. The first kappa shape index (κ1) is 10.7. The number of nitrogens with zero attached hydrogens (tertiary/aromatic N) is 1. The predicted octanol–water partition coefficient (Wildman–Crippen LogP) is 1.60. The Morgan fingerprint density at radius 1 is 1.27 bits per heavy atom. The summed E-state index contributed by atoms with van der Waals surface area (Å²) in [6.45, 7) is 3.98. The molecule has 0 spiro atoms. The van der Waals surface area contributed by atoms with Crippen LogP contribution < -0.4 is 0 Å². The molecule has 0 aromatic heterocycles. The summed E-state index contributed by atoms with van der Waals surface area (Å²) in [4.78, 5) is 0. The van der Waals surface area contributed by atoms with E-state index in [0.29, 0.717) is 5.92 Å². The van der Waals surface area contributed by atoms with E-state index in [1.165, 1.54) is 0 Å². The fourth-order valence-corrected chi connectivity index (χ4v) is 2.87. The van der Waals surface area contributed by atoms with Crippen LogP contribution in [0.5, 0.6) is 0 Å². The lowest BCUT2D eigenvalue weighted by Gasteiger charge is -2.27. The van der Waals surface area contributed by atoms with E-state index in [9.17, 15) is 5.11 Å². The van der Waals surface area contributed by atoms with Gasteiger partial charge in [0.1, 0.15) is 12.1 Å². The zero-order chi connectivity index (χ0) is 11.1. The summed E-state index contributed by atoms with van der Waals surface area (Å²) in [6.07, 6.45) is 0. The molecule has 2 rings (SSSR count). The molecular weight excluding hydrogens is 186 g/mol. The van der Waals surface area contributed by atoms with Crippen LogP contribution in [0.4, 0.5) is 0 Å². The molecule has 1 aromatic rings. The average molecular weight is 206 g/mol. The third-order valence-corrected chi connectivity index (χ3v) is 3.53. The maximum atomic E-state index is 10.8. The van der Waals surface area contributed by atoms with E-state index in [0.717, 1.165) is 23.1 Å². The highest BCUT2D eigenvalue weighted by Gasteiger charge is 2.50. The van der Waals surface area contributed by atoms with Gasteiger partial charge in [0.2, 0.25) is 0 Å². The van der Waals surface area contributed by atoms with Gasteiger partial charge in [0.05, 0.1) is 20.6 Å². The van der Waals surface area contributed by atoms with Crippen LogP contribution in [0.3, 0.4) is 0 Å². The van der Waals surface area contributed by atoms with Crippen molar-refractivity contribution in [2.45, 2.75) is 12.5 Å². The van der Waals surface area contributed by atoms with E-state index in [4.69, 9.17) is 0 Å². The Kier molecular flexibility index (Phi) is 2.36. The second-order valence-electron chi connectivity index (χ2n) is 5.47. The van der Waals surface area contributed by atoms with Gasteiger partial charge < -0.3 is 9.59 Å². The smallest absolute Gasteiger partial charge is 0.146 e. The van der Waals surface area contributed by atoms with E-state index in [1.54, 1.807) is 0 Å². The minimum Gasteiger partial charge on any atom is -0.379 e. The van der Waals surface area contributed by atoms with Gasteiger partial charge in [-0.25, -0.2) is 0 Å². The van der Waals surface area contributed by atoms with Crippen LogP contribution >= 0.6 is 0 Å². The fraction of sp³-hybridized carbons (Fsp3) is 0.538. The van der Waals surface area contributed by atoms with Gasteiger partial charge in [-0.1, -0.05) is 37.3 Å². The van der Waals surface area contributed by atoms with Crippen LogP contribution in [0.2, 0.25) is 0 Å². The highest BCUT2D eigenvalue weighted by atomic mass is 16.3. The minimum absolute atomic E-state index is 0.315. The van der Waals surface area contributed by atoms with E-state index in [2.05, 4.69) is 21.0 Å². The van der Waals surface area contributed by atoms with E-state index < -0.39 is 5.60 Å². The monoisotopic (exact) mass is 206 g/mol. The van der Waals surface area contributed by atoms with Gasteiger partial charge in [0.15, 0.2) is 0 Å². The van der Waals surface area contributed by atoms with Crippen LogP contribution in [0.1, 0.15) is 12.5 Å². The number of quaternary nitrogens is 1. The van der Waals surface area contributed by atoms with Crippen LogP contribution in [-0.4, -0.2) is 36.8 Å². The van der Waals surface area contributed by atoms with Crippen molar-refractivity contribution >= 4 is 0 Å². The molecule has 1 aromatic carbocycles. The molecule has 15 heavy (non-hydrogen) atoms. The van der Waals surface area contributed by atoms with Crippen molar-refractivity contribution in [2.24, 2.45) is 5.92 Å². The highest BCUT2D eigenvalue weighted by Crippen LogP contribution is 2.38. The van der Waals surface area contributed by atoms with Crippen LogP contribution in [0.15, 0.2) is 30.3 Å². The first-order valence-electron chi connectivity index (χ1n) is 5.54. The number of hydrogen-bond donors (Lipinski definition) is 1. The lowest BCUT2D eigenvalue weighted by Crippen LogP contribution is -2.40. The van der Waals surface area contributed by atoms with Crippen molar-refractivity contribution in [3.05, 3.63) is 35.9 Å². The Morgan fingerprint density at radius 2 is 1.87 bits per heavy atom. The zero-order valence-corrected chi connectivity index (χ0v) is 9.77. The average Bonchev–Trinajstić information content (AvgIpc) is 2.38. The molecule has 1 aliphatic rings. The molecule has 0 amide bonds. The number of likely N-dealkylation sites (tertiary alicyclic amines) is 1. The Labute approximate surface area is 91.7 Å². The molecule has 0 radical (unpaired) electrons. The Bertz CT molecular complexity index is 347. The van der Waals surface area contributed by atoms with Gasteiger partial charge in [-0.2, -0.15) is 0 Å². The summed E-state index contributed by atoms with van der Waals surface area (Å²) < 4.78 is 0.895. The minimum atomic E-state index is -0.648. The molecule has 2 nitrogen and oxygen atoms in total. The number of hydrogen-bond acceptors (Lipinski definition) is 1. The van der Waals surface area contributed by atoms with Gasteiger partial charge in [-0.05, 0) is 5.56 Å². The molecule has 0 aliphatic carbocycles. The molecule has 1 fully saturated rings. The Balaban J connectivity index is 2.36. The zero-order valence-electron chi connectivity index (χ0n) is 9.77. The normalized spacial score (nSPS) is 34.3. The largest absolute Gasteiger partial charge is 0.379 e. The van der Waals surface area contributed by atoms with Gasteiger partial charge in [0, 0.05) is 5.92 Å². The number of aliphatic hydroxyl groups is 1. The first-order chi connectivity index (χ1) is 6.94. The van der Waals surface area contributed by atoms with Crippen molar-refractivity contribution in [1.29, 1.82) is 0 Å². The molecule has 2 unspecified atom stereocenters. The fourth-order valence-electron chi connectivity index (χ4n) is 2.87.